The standard InChI is InChI=1S/Dy.2FH.Nd/h;2*1H;/q+3;;;+3/p-2. The molecule has 0 N–H and O–H groups in total. The molecule has 2 radical (unpaired) electrons. The molecule has 0 unspecified atom stereocenters. The van der Waals surface area contributed by atoms with Crippen molar-refractivity contribution in [1.29, 1.82) is 0 Å². The average molecular weight is 345 g/mol. The minimum atomic E-state index is 0. The average Bonchev–Trinajstić information content (AvgIpc) is 0. The van der Waals surface area contributed by atoms with Gasteiger partial charge in [-0.25, -0.2) is 0 Å². The van der Waals surface area contributed by atoms with Gasteiger partial charge in [0.25, 0.3) is 0 Å². The molecule has 0 aromatic rings. The van der Waals surface area contributed by atoms with Crippen molar-refractivity contribution < 1.29 is 88.4 Å². The molecule has 24 valence electrons. The maximum Gasteiger partial charge on any atom is 3.00 e. The Labute approximate surface area is 86.4 Å². The summed E-state index contributed by atoms with van der Waals surface area (Å²) in [6.07, 6.45) is 0. The second kappa shape index (κ2) is 17.9. The second-order valence-electron chi connectivity index (χ2n) is 0. The Bertz CT molecular complexity index is 6.00. The molecule has 0 atom stereocenters. The predicted octanol–water partition coefficient (Wildman–Crippen LogP) is -5.99. The Hall–Kier alpha value is 2.48. The zero-order chi connectivity index (χ0) is 0. The summed E-state index contributed by atoms with van der Waals surface area (Å²) in [5, 5.41) is 0. The van der Waals surface area contributed by atoms with Crippen molar-refractivity contribution in [2.24, 2.45) is 0 Å². The molecule has 0 saturated heterocycles. The molecular weight excluding hydrogens is 345 g/mol. The summed E-state index contributed by atoms with van der Waals surface area (Å²) in [5.74, 6) is 0. The Balaban J connectivity index is 0. The smallest absolute Gasteiger partial charge is 1.00 e. The van der Waals surface area contributed by atoms with Crippen LogP contribution in [0, 0.1) is 79.0 Å². The van der Waals surface area contributed by atoms with Crippen LogP contribution in [0.1, 0.15) is 0 Å². The summed E-state index contributed by atoms with van der Waals surface area (Å²) in [5.41, 5.74) is 0. The summed E-state index contributed by atoms with van der Waals surface area (Å²) in [6, 6.07) is 0. The van der Waals surface area contributed by atoms with E-state index in [1.165, 1.54) is 0 Å². The Morgan fingerprint density at radius 1 is 0.750 bits per heavy atom. The molecule has 0 rings (SSSR count). The van der Waals surface area contributed by atoms with Crippen molar-refractivity contribution in [3.63, 3.8) is 0 Å². The van der Waals surface area contributed by atoms with E-state index in [0.29, 0.717) is 0 Å². The van der Waals surface area contributed by atoms with Crippen molar-refractivity contribution in [1.82, 2.24) is 0 Å². The first kappa shape index (κ1) is 31.6. The van der Waals surface area contributed by atoms with Crippen LogP contribution in [-0.4, -0.2) is 0 Å². The van der Waals surface area contributed by atoms with Crippen LogP contribution in [0.3, 0.4) is 0 Å². The van der Waals surface area contributed by atoms with Gasteiger partial charge in [-0.2, -0.15) is 0 Å². The van der Waals surface area contributed by atoms with Gasteiger partial charge in [-0.3, -0.25) is 0 Å². The van der Waals surface area contributed by atoms with Gasteiger partial charge in [0.15, 0.2) is 0 Å². The van der Waals surface area contributed by atoms with Crippen LogP contribution in [0.2, 0.25) is 0 Å². The van der Waals surface area contributed by atoms with Crippen LogP contribution in [0.5, 0.6) is 0 Å². The van der Waals surface area contributed by atoms with E-state index < -0.39 is 0 Å². The molecule has 0 heterocycles. The molecule has 0 spiro atoms. The third-order valence-electron chi connectivity index (χ3n) is 0. The van der Waals surface area contributed by atoms with E-state index in [2.05, 4.69) is 0 Å². The first-order chi connectivity index (χ1) is 0. The van der Waals surface area contributed by atoms with Crippen molar-refractivity contribution in [3.05, 3.63) is 0 Å². The maximum atomic E-state index is 0. The van der Waals surface area contributed by atoms with Crippen LogP contribution in [-0.2, 0) is 0 Å². The van der Waals surface area contributed by atoms with Gasteiger partial charge in [0.05, 0.1) is 0 Å². The Morgan fingerprint density at radius 2 is 0.750 bits per heavy atom. The summed E-state index contributed by atoms with van der Waals surface area (Å²) in [7, 11) is 0. The van der Waals surface area contributed by atoms with Gasteiger partial charge in [0.1, 0.15) is 0 Å². The molecule has 0 aromatic carbocycles. The SMILES string of the molecule is [Dy+3].[F-].[F-].[Nd+3]. The Kier molecular flexibility index (Phi) is 141. The number of rotatable bonds is 0. The van der Waals surface area contributed by atoms with E-state index in [-0.39, 0.29) is 88.4 Å². The van der Waals surface area contributed by atoms with Crippen LogP contribution in [0.4, 0.5) is 0 Å². The quantitative estimate of drug-likeness (QED) is 0.410. The summed E-state index contributed by atoms with van der Waals surface area (Å²) in [6.45, 7) is 0. The van der Waals surface area contributed by atoms with Crippen molar-refractivity contribution in [2.45, 2.75) is 0 Å². The van der Waals surface area contributed by atoms with Crippen molar-refractivity contribution in [2.75, 3.05) is 0 Å². The molecule has 0 bridgehead atoms. The summed E-state index contributed by atoms with van der Waals surface area (Å²) < 4.78 is 0. The van der Waals surface area contributed by atoms with E-state index in [9.17, 15) is 0 Å². The summed E-state index contributed by atoms with van der Waals surface area (Å²) in [4.78, 5) is 0. The van der Waals surface area contributed by atoms with E-state index in [0.717, 1.165) is 0 Å². The van der Waals surface area contributed by atoms with Crippen LogP contribution in [0.25, 0.3) is 0 Å². The molecule has 0 fully saturated rings. The van der Waals surface area contributed by atoms with Gasteiger partial charge in [-0.05, 0) is 0 Å². The molecule has 0 amide bonds. The van der Waals surface area contributed by atoms with E-state index in [4.69, 9.17) is 0 Å². The van der Waals surface area contributed by atoms with Gasteiger partial charge in [-0.15, -0.1) is 0 Å². The normalized spacial score (nSPS) is 0. The van der Waals surface area contributed by atoms with Gasteiger partial charge in [-0.1, -0.05) is 0 Å². The first-order valence-corrected chi connectivity index (χ1v) is 0. The van der Waals surface area contributed by atoms with Gasteiger partial charge in [0, 0.05) is 0 Å². The maximum absolute atomic E-state index is 0. The molecule has 0 aliphatic carbocycles. The minimum Gasteiger partial charge on any atom is -1.00 e. The Morgan fingerprint density at radius 3 is 0.750 bits per heavy atom. The molecule has 4 heteroatoms. The van der Waals surface area contributed by atoms with Gasteiger partial charge < -0.3 is 9.41 Å². The van der Waals surface area contributed by atoms with Gasteiger partial charge >= 0.3 is 79.0 Å². The van der Waals surface area contributed by atoms with Gasteiger partial charge in [0.2, 0.25) is 0 Å². The van der Waals surface area contributed by atoms with Crippen LogP contribution >= 0.6 is 0 Å². The first-order valence-electron chi connectivity index (χ1n) is 0. The fourth-order valence-electron chi connectivity index (χ4n) is 0. The number of halogens is 2. The largest absolute Gasteiger partial charge is 3.00 e. The fourth-order valence-corrected chi connectivity index (χ4v) is 0. The predicted molar refractivity (Wildman–Crippen MR) is 0 cm³/mol. The third-order valence-corrected chi connectivity index (χ3v) is 0. The zero-order valence-electron chi connectivity index (χ0n) is 1.57. The van der Waals surface area contributed by atoms with Crippen molar-refractivity contribution >= 4 is 0 Å². The fraction of sp³-hybridized carbons (Fsp3) is 0. The number of hydrogen-bond donors (Lipinski definition) is 0. The minimum absolute atomic E-state index is 0. The van der Waals surface area contributed by atoms with E-state index in [1.54, 1.807) is 0 Å². The van der Waals surface area contributed by atoms with Crippen molar-refractivity contribution in [3.8, 4) is 0 Å². The van der Waals surface area contributed by atoms with E-state index >= 15 is 0 Å². The topological polar surface area (TPSA) is 0 Å². The van der Waals surface area contributed by atoms with Crippen LogP contribution < -0.4 is 9.41 Å². The monoisotopic (exact) mass is 344 g/mol. The van der Waals surface area contributed by atoms with Crippen LogP contribution in [0.15, 0.2) is 0 Å². The summed E-state index contributed by atoms with van der Waals surface area (Å²) >= 11 is 0. The molecule has 0 nitrogen and oxygen atoms in total. The zero-order valence-corrected chi connectivity index (χ0v) is 6.81. The second-order valence-corrected chi connectivity index (χ2v) is 0. The third kappa shape index (κ3) is 8.82. The molecule has 0 saturated carbocycles. The molecule has 4 heavy (non-hydrogen) atoms. The molecule has 0 aromatic heterocycles. The number of hydrogen-bond acceptors (Lipinski definition) is 0. The molecule has 0 aliphatic heterocycles. The molecule has 0 aliphatic rings. The molecular formula is DyF2Nd+4. The van der Waals surface area contributed by atoms with E-state index in [1.807, 2.05) is 0 Å².